The fourth-order valence-electron chi connectivity index (χ4n) is 2.08. The van der Waals surface area contributed by atoms with Gasteiger partial charge < -0.3 is 9.47 Å². The minimum atomic E-state index is 0.272. The van der Waals surface area contributed by atoms with Crippen molar-refractivity contribution in [3.63, 3.8) is 0 Å². The lowest BCUT2D eigenvalue weighted by atomic mass is 10.2. The number of fused-ring (bicyclic) bond motifs is 1. The van der Waals surface area contributed by atoms with Crippen molar-refractivity contribution in [1.29, 1.82) is 0 Å². The molecule has 2 aliphatic heterocycles. The summed E-state index contributed by atoms with van der Waals surface area (Å²) >= 11 is 0. The van der Waals surface area contributed by atoms with Crippen LogP contribution >= 0.6 is 0 Å². The third-order valence-corrected chi connectivity index (χ3v) is 2.93. The van der Waals surface area contributed by atoms with E-state index in [4.69, 9.17) is 9.47 Å². The zero-order valence-corrected chi connectivity index (χ0v) is 8.69. The van der Waals surface area contributed by atoms with Gasteiger partial charge in [-0.3, -0.25) is 4.90 Å². The van der Waals surface area contributed by atoms with E-state index in [0.29, 0.717) is 18.2 Å². The van der Waals surface area contributed by atoms with Crippen molar-refractivity contribution in [2.24, 2.45) is 0 Å². The van der Waals surface area contributed by atoms with Crippen molar-refractivity contribution in [2.45, 2.75) is 45.1 Å². The first-order valence-corrected chi connectivity index (χ1v) is 5.18. The molecule has 0 aromatic rings. The summed E-state index contributed by atoms with van der Waals surface area (Å²) in [6.07, 6.45) is 0.901. The molecule has 0 N–H and O–H groups in total. The van der Waals surface area contributed by atoms with Crippen LogP contribution in [0.1, 0.15) is 20.8 Å². The second-order valence-electron chi connectivity index (χ2n) is 4.40. The highest BCUT2D eigenvalue weighted by Crippen LogP contribution is 2.23. The quantitative estimate of drug-likeness (QED) is 0.605. The van der Waals surface area contributed by atoms with Crippen molar-refractivity contribution in [3.05, 3.63) is 0 Å². The van der Waals surface area contributed by atoms with Gasteiger partial charge >= 0.3 is 0 Å². The molecule has 0 amide bonds. The Morgan fingerprint density at radius 1 is 1.23 bits per heavy atom. The molecule has 0 bridgehead atoms. The van der Waals surface area contributed by atoms with Crippen molar-refractivity contribution in [1.82, 2.24) is 4.90 Å². The van der Waals surface area contributed by atoms with E-state index in [1.807, 2.05) is 0 Å². The number of hydrogen-bond donors (Lipinski definition) is 0. The summed E-state index contributed by atoms with van der Waals surface area (Å²) < 4.78 is 11.6. The highest BCUT2D eigenvalue weighted by Gasteiger charge is 2.39. The standard InChI is InChI=1S/C10H19NO2/c1-7(2)11-4-9-10(5-11)13-8(3)6-12-9/h7-10H,4-6H2,1-3H3. The van der Waals surface area contributed by atoms with E-state index in [0.717, 1.165) is 19.7 Å². The maximum Gasteiger partial charge on any atom is 0.0980 e. The van der Waals surface area contributed by atoms with E-state index in [1.54, 1.807) is 0 Å². The van der Waals surface area contributed by atoms with Gasteiger partial charge in [-0.1, -0.05) is 0 Å². The molecule has 3 heteroatoms. The molecule has 2 fully saturated rings. The van der Waals surface area contributed by atoms with Crippen molar-refractivity contribution in [3.8, 4) is 0 Å². The molecule has 13 heavy (non-hydrogen) atoms. The normalized spacial score (nSPS) is 41.1. The lowest BCUT2D eigenvalue weighted by Gasteiger charge is -2.29. The first-order valence-electron chi connectivity index (χ1n) is 5.18. The van der Waals surface area contributed by atoms with Crippen LogP contribution < -0.4 is 0 Å². The third-order valence-electron chi connectivity index (χ3n) is 2.93. The average Bonchev–Trinajstić information content (AvgIpc) is 2.46. The van der Waals surface area contributed by atoms with Crippen LogP contribution in [0.5, 0.6) is 0 Å². The largest absolute Gasteiger partial charge is 0.371 e. The van der Waals surface area contributed by atoms with Gasteiger partial charge in [0.25, 0.3) is 0 Å². The topological polar surface area (TPSA) is 21.7 Å². The van der Waals surface area contributed by atoms with Gasteiger partial charge in [-0.15, -0.1) is 0 Å². The Kier molecular flexibility index (Phi) is 2.58. The van der Waals surface area contributed by atoms with E-state index in [2.05, 4.69) is 25.7 Å². The van der Waals surface area contributed by atoms with Gasteiger partial charge in [0, 0.05) is 19.1 Å². The Balaban J connectivity index is 1.94. The minimum absolute atomic E-state index is 0.272. The zero-order valence-electron chi connectivity index (χ0n) is 8.69. The van der Waals surface area contributed by atoms with Crippen LogP contribution in [0.3, 0.4) is 0 Å². The summed E-state index contributed by atoms with van der Waals surface area (Å²) in [5, 5.41) is 0. The number of hydrogen-bond acceptors (Lipinski definition) is 3. The van der Waals surface area contributed by atoms with Gasteiger partial charge in [0.15, 0.2) is 0 Å². The molecule has 2 saturated heterocycles. The number of nitrogens with zero attached hydrogens (tertiary/aromatic N) is 1. The molecule has 0 aromatic heterocycles. The van der Waals surface area contributed by atoms with Crippen molar-refractivity contribution >= 4 is 0 Å². The van der Waals surface area contributed by atoms with Gasteiger partial charge in [0.2, 0.25) is 0 Å². The fourth-order valence-corrected chi connectivity index (χ4v) is 2.08. The van der Waals surface area contributed by atoms with Crippen LogP contribution in [0.15, 0.2) is 0 Å². The van der Waals surface area contributed by atoms with E-state index in [1.165, 1.54) is 0 Å². The van der Waals surface area contributed by atoms with Gasteiger partial charge in [0.1, 0.15) is 0 Å². The predicted molar refractivity (Wildman–Crippen MR) is 50.8 cm³/mol. The molecule has 0 saturated carbocycles. The van der Waals surface area contributed by atoms with E-state index in [9.17, 15) is 0 Å². The molecule has 0 radical (unpaired) electrons. The lowest BCUT2D eigenvalue weighted by Crippen LogP contribution is -2.41. The maximum atomic E-state index is 5.82. The summed E-state index contributed by atoms with van der Waals surface area (Å²) in [6.45, 7) is 9.35. The summed E-state index contributed by atoms with van der Waals surface area (Å²) in [7, 11) is 0. The summed E-state index contributed by atoms with van der Waals surface area (Å²) in [6, 6.07) is 0.605. The van der Waals surface area contributed by atoms with Crippen LogP contribution in [0.25, 0.3) is 0 Å². The Labute approximate surface area is 80.0 Å². The zero-order chi connectivity index (χ0) is 9.42. The van der Waals surface area contributed by atoms with E-state index < -0.39 is 0 Å². The van der Waals surface area contributed by atoms with Crippen LogP contribution in [0.4, 0.5) is 0 Å². The SMILES string of the molecule is CC1COC2CN(C(C)C)CC2O1. The highest BCUT2D eigenvalue weighted by molar-refractivity contribution is 4.90. The first-order chi connectivity index (χ1) is 6.16. The fraction of sp³-hybridized carbons (Fsp3) is 1.00. The van der Waals surface area contributed by atoms with Crippen molar-refractivity contribution in [2.75, 3.05) is 19.7 Å². The Morgan fingerprint density at radius 3 is 2.62 bits per heavy atom. The Morgan fingerprint density at radius 2 is 1.92 bits per heavy atom. The van der Waals surface area contributed by atoms with Gasteiger partial charge in [-0.05, 0) is 20.8 Å². The van der Waals surface area contributed by atoms with Crippen LogP contribution in [0, 0.1) is 0 Å². The maximum absolute atomic E-state index is 5.82. The van der Waals surface area contributed by atoms with Gasteiger partial charge in [0.05, 0.1) is 24.9 Å². The number of ether oxygens (including phenoxy) is 2. The molecule has 2 aliphatic rings. The smallest absolute Gasteiger partial charge is 0.0980 e. The molecule has 76 valence electrons. The van der Waals surface area contributed by atoms with Crippen molar-refractivity contribution < 1.29 is 9.47 Å². The van der Waals surface area contributed by atoms with Gasteiger partial charge in [-0.25, -0.2) is 0 Å². The molecule has 0 aromatic carbocycles. The second kappa shape index (κ2) is 3.56. The molecular weight excluding hydrogens is 166 g/mol. The molecular formula is C10H19NO2. The first kappa shape index (κ1) is 9.44. The van der Waals surface area contributed by atoms with E-state index >= 15 is 0 Å². The molecule has 3 atom stereocenters. The van der Waals surface area contributed by atoms with Crippen LogP contribution in [-0.4, -0.2) is 49.0 Å². The predicted octanol–water partition coefficient (Wildman–Crippen LogP) is 0.883. The number of likely N-dealkylation sites (tertiary alicyclic amines) is 1. The summed E-state index contributed by atoms with van der Waals surface area (Å²) in [5.74, 6) is 0. The molecule has 3 unspecified atom stereocenters. The molecule has 0 spiro atoms. The van der Waals surface area contributed by atoms with E-state index in [-0.39, 0.29) is 6.10 Å². The summed E-state index contributed by atoms with van der Waals surface area (Å²) in [4.78, 5) is 2.42. The molecule has 3 nitrogen and oxygen atoms in total. The Bertz CT molecular complexity index is 184. The summed E-state index contributed by atoms with van der Waals surface area (Å²) in [5.41, 5.74) is 0. The number of rotatable bonds is 1. The average molecular weight is 185 g/mol. The molecule has 2 heterocycles. The molecule has 0 aliphatic carbocycles. The second-order valence-corrected chi connectivity index (χ2v) is 4.40. The minimum Gasteiger partial charge on any atom is -0.371 e. The lowest BCUT2D eigenvalue weighted by molar-refractivity contribution is -0.153. The van der Waals surface area contributed by atoms with Gasteiger partial charge in [-0.2, -0.15) is 0 Å². The molecule has 2 rings (SSSR count). The van der Waals surface area contributed by atoms with Crippen LogP contribution in [0.2, 0.25) is 0 Å². The van der Waals surface area contributed by atoms with Crippen LogP contribution in [-0.2, 0) is 9.47 Å². The monoisotopic (exact) mass is 185 g/mol. The third kappa shape index (κ3) is 1.87. The highest BCUT2D eigenvalue weighted by atomic mass is 16.6. The Hall–Kier alpha value is -0.120.